The molecule has 0 radical (unpaired) electrons. The van der Waals surface area contributed by atoms with Crippen molar-refractivity contribution >= 4 is 22.8 Å². The van der Waals surface area contributed by atoms with Gasteiger partial charge in [-0.2, -0.15) is 8.42 Å². The lowest BCUT2D eigenvalue weighted by molar-refractivity contribution is 0.00578. The van der Waals surface area contributed by atoms with E-state index in [-0.39, 0.29) is 0 Å². The fourth-order valence-corrected chi connectivity index (χ4v) is 2.69. The lowest BCUT2D eigenvalue weighted by Crippen LogP contribution is -2.41. The Morgan fingerprint density at radius 1 is 1.10 bits per heavy atom. The molecule has 0 N–H and O–H groups in total. The van der Waals surface area contributed by atoms with E-state index < -0.39 is 39.3 Å². The summed E-state index contributed by atoms with van der Waals surface area (Å²) < 4.78 is 60.1. The van der Waals surface area contributed by atoms with E-state index >= 15 is 0 Å². The van der Waals surface area contributed by atoms with E-state index in [4.69, 9.17) is 9.31 Å². The quantitative estimate of drug-likeness (QED) is 0.619. The van der Waals surface area contributed by atoms with Gasteiger partial charge in [0.1, 0.15) is 10.7 Å². The first kappa shape index (κ1) is 16.4. The van der Waals surface area contributed by atoms with Crippen molar-refractivity contribution in [3.8, 4) is 0 Å². The largest absolute Gasteiger partial charge is 0.495 e. The molecular weight excluding hydrogens is 301 g/mol. The number of benzene rings is 1. The van der Waals surface area contributed by atoms with Gasteiger partial charge in [0.15, 0.2) is 0 Å². The predicted molar refractivity (Wildman–Crippen MR) is 75.1 cm³/mol. The third-order valence-electron chi connectivity index (χ3n) is 4.09. The SMILES string of the molecule is Cc1cc(S(=O)(=O)F)c(F)cc1B1OC(C)(C)C(C)(C)O1. The maximum absolute atomic E-state index is 13.8. The van der Waals surface area contributed by atoms with Gasteiger partial charge in [-0.15, -0.1) is 3.89 Å². The van der Waals surface area contributed by atoms with Gasteiger partial charge in [-0.1, -0.05) is 0 Å². The Kier molecular flexibility index (Phi) is 3.71. The fourth-order valence-electron chi connectivity index (χ4n) is 2.08. The molecule has 0 saturated carbocycles. The second-order valence-corrected chi connectivity index (χ2v) is 7.48. The highest BCUT2D eigenvalue weighted by molar-refractivity contribution is 7.86. The van der Waals surface area contributed by atoms with Crippen LogP contribution in [-0.2, 0) is 19.5 Å². The molecule has 1 aromatic carbocycles. The molecule has 0 atom stereocenters. The van der Waals surface area contributed by atoms with Crippen LogP contribution in [0.4, 0.5) is 8.28 Å². The molecule has 0 aromatic heterocycles. The van der Waals surface area contributed by atoms with Crippen molar-refractivity contribution in [1.82, 2.24) is 0 Å². The minimum Gasteiger partial charge on any atom is -0.399 e. The molecule has 116 valence electrons. The Hall–Kier alpha value is -0.985. The zero-order chi connectivity index (χ0) is 16.2. The molecule has 8 heteroatoms. The van der Waals surface area contributed by atoms with Crippen molar-refractivity contribution in [2.75, 3.05) is 0 Å². The van der Waals surface area contributed by atoms with E-state index in [9.17, 15) is 16.7 Å². The molecule has 0 spiro atoms. The zero-order valence-electron chi connectivity index (χ0n) is 12.5. The van der Waals surface area contributed by atoms with Crippen molar-refractivity contribution < 1.29 is 26.0 Å². The lowest BCUT2D eigenvalue weighted by Gasteiger charge is -2.32. The summed E-state index contributed by atoms with van der Waals surface area (Å²) >= 11 is 0. The fraction of sp³-hybridized carbons (Fsp3) is 0.538. The molecule has 1 aromatic rings. The van der Waals surface area contributed by atoms with Crippen LogP contribution in [0.25, 0.3) is 0 Å². The van der Waals surface area contributed by atoms with Crippen LogP contribution in [0.2, 0.25) is 0 Å². The monoisotopic (exact) mass is 318 g/mol. The van der Waals surface area contributed by atoms with Gasteiger partial charge in [0.05, 0.1) is 11.2 Å². The zero-order valence-corrected chi connectivity index (χ0v) is 13.3. The third-order valence-corrected chi connectivity index (χ3v) is 4.93. The Bertz CT molecular complexity index is 670. The highest BCUT2D eigenvalue weighted by atomic mass is 32.3. The standard InChI is InChI=1S/C13H17BF2O4S/c1-8-6-11(21(16,17)18)10(15)7-9(8)14-19-12(2,3)13(4,5)20-14/h6-7H,1-5H3. The maximum atomic E-state index is 13.8. The van der Waals surface area contributed by atoms with E-state index in [1.54, 1.807) is 6.92 Å². The summed E-state index contributed by atoms with van der Waals surface area (Å²) in [6.45, 7) is 8.94. The number of hydrogen-bond acceptors (Lipinski definition) is 4. The first-order valence-electron chi connectivity index (χ1n) is 6.45. The van der Waals surface area contributed by atoms with Crippen molar-refractivity contribution in [2.24, 2.45) is 0 Å². The van der Waals surface area contributed by atoms with E-state index in [0.717, 1.165) is 12.1 Å². The molecule has 1 saturated heterocycles. The number of aryl methyl sites for hydroxylation is 1. The van der Waals surface area contributed by atoms with E-state index in [1.165, 1.54) is 0 Å². The molecule has 4 nitrogen and oxygen atoms in total. The van der Waals surface area contributed by atoms with Crippen LogP contribution in [-0.4, -0.2) is 26.7 Å². The van der Waals surface area contributed by atoms with Gasteiger partial charge in [0.2, 0.25) is 0 Å². The second-order valence-electron chi connectivity index (χ2n) is 6.17. The van der Waals surface area contributed by atoms with Gasteiger partial charge in [-0.3, -0.25) is 0 Å². The molecule has 1 aliphatic heterocycles. The van der Waals surface area contributed by atoms with E-state index in [1.807, 2.05) is 27.7 Å². The predicted octanol–water partition coefficient (Wildman–Crippen LogP) is 2.09. The van der Waals surface area contributed by atoms with Gasteiger partial charge in [0.25, 0.3) is 0 Å². The van der Waals surface area contributed by atoms with Gasteiger partial charge in [-0.25, -0.2) is 4.39 Å². The highest BCUT2D eigenvalue weighted by Gasteiger charge is 2.52. The van der Waals surface area contributed by atoms with Crippen molar-refractivity contribution in [3.05, 3.63) is 23.5 Å². The first-order valence-corrected chi connectivity index (χ1v) is 7.84. The topological polar surface area (TPSA) is 52.6 Å². The van der Waals surface area contributed by atoms with Crippen molar-refractivity contribution in [1.29, 1.82) is 0 Å². The molecule has 1 aliphatic rings. The molecule has 21 heavy (non-hydrogen) atoms. The van der Waals surface area contributed by atoms with Crippen LogP contribution >= 0.6 is 0 Å². The maximum Gasteiger partial charge on any atom is 0.495 e. The Labute approximate surface area is 123 Å². The summed E-state index contributed by atoms with van der Waals surface area (Å²) in [4.78, 5) is -0.972. The van der Waals surface area contributed by atoms with Crippen LogP contribution in [0.15, 0.2) is 17.0 Å². The van der Waals surface area contributed by atoms with Crippen LogP contribution in [0.3, 0.4) is 0 Å². The Balaban J connectivity index is 2.47. The summed E-state index contributed by atoms with van der Waals surface area (Å²) in [5, 5.41) is 0. The molecule has 1 heterocycles. The minimum absolute atomic E-state index is 0.346. The first-order chi connectivity index (χ1) is 9.35. The average Bonchev–Trinajstić information content (AvgIpc) is 2.49. The highest BCUT2D eigenvalue weighted by Crippen LogP contribution is 2.36. The number of rotatable bonds is 2. The van der Waals surface area contributed by atoms with Gasteiger partial charge < -0.3 is 9.31 Å². The van der Waals surface area contributed by atoms with Gasteiger partial charge in [-0.05, 0) is 57.8 Å². The van der Waals surface area contributed by atoms with Gasteiger partial charge in [0, 0.05) is 0 Å². The number of hydrogen-bond donors (Lipinski definition) is 0. The number of halogens is 2. The molecular formula is C13H17BF2O4S. The third kappa shape index (κ3) is 2.84. The molecule has 1 fully saturated rings. The average molecular weight is 318 g/mol. The van der Waals surface area contributed by atoms with Crippen LogP contribution in [0.1, 0.15) is 33.3 Å². The molecule has 0 unspecified atom stereocenters. The van der Waals surface area contributed by atoms with Crippen molar-refractivity contribution in [3.63, 3.8) is 0 Å². The summed E-state index contributed by atoms with van der Waals surface area (Å²) in [6.07, 6.45) is 0. The van der Waals surface area contributed by atoms with Crippen LogP contribution in [0.5, 0.6) is 0 Å². The summed E-state index contributed by atoms with van der Waals surface area (Å²) in [5.74, 6) is -1.16. The molecule has 0 bridgehead atoms. The molecule has 0 amide bonds. The molecule has 0 aliphatic carbocycles. The van der Waals surface area contributed by atoms with E-state index in [0.29, 0.717) is 11.0 Å². The Morgan fingerprint density at radius 3 is 2.00 bits per heavy atom. The van der Waals surface area contributed by atoms with E-state index in [2.05, 4.69) is 0 Å². The normalized spacial score (nSPS) is 20.8. The summed E-state index contributed by atoms with van der Waals surface area (Å²) in [6, 6.07) is 1.90. The van der Waals surface area contributed by atoms with Crippen molar-refractivity contribution in [2.45, 2.75) is 50.7 Å². The van der Waals surface area contributed by atoms with Crippen LogP contribution < -0.4 is 5.46 Å². The summed E-state index contributed by atoms with van der Waals surface area (Å²) in [5.41, 5.74) is -0.485. The molecule has 2 rings (SSSR count). The lowest BCUT2D eigenvalue weighted by atomic mass is 9.76. The summed E-state index contributed by atoms with van der Waals surface area (Å²) in [7, 11) is -5.93. The minimum atomic E-state index is -5.10. The van der Waals surface area contributed by atoms with Crippen LogP contribution in [0, 0.1) is 12.7 Å². The second kappa shape index (κ2) is 4.76. The van der Waals surface area contributed by atoms with Gasteiger partial charge >= 0.3 is 17.3 Å². The Morgan fingerprint density at radius 2 is 1.57 bits per heavy atom. The smallest absolute Gasteiger partial charge is 0.399 e.